The van der Waals surface area contributed by atoms with Gasteiger partial charge in [-0.05, 0) is 31.1 Å². The molecule has 0 radical (unpaired) electrons. The van der Waals surface area contributed by atoms with E-state index in [1.54, 1.807) is 0 Å². The first kappa shape index (κ1) is 54.2. The van der Waals surface area contributed by atoms with Crippen LogP contribution < -0.4 is 0 Å². The molecular weight excluding hydrogens is 760 g/mol. The van der Waals surface area contributed by atoms with Gasteiger partial charge in [-0.1, -0.05) is 58.8 Å². The Labute approximate surface area is 344 Å². The Morgan fingerprint density at radius 3 is 1.38 bits per heavy atom. The van der Waals surface area contributed by atoms with Crippen LogP contribution in [0.2, 0.25) is 0 Å². The van der Waals surface area contributed by atoms with Crippen LogP contribution in [0.1, 0.15) is 101 Å². The molecule has 2 heterocycles. The second-order valence-corrected chi connectivity index (χ2v) is 14.1. The Kier molecular flexibility index (Phi) is 30.0. The van der Waals surface area contributed by atoms with E-state index < -0.39 is 54.8 Å². The average molecular weight is 829 g/mol. The first-order valence-corrected chi connectivity index (χ1v) is 19.8. The molecule has 0 spiro atoms. The number of ether oxygens (including phenoxy) is 10. The highest BCUT2D eigenvalue weighted by molar-refractivity contribution is 5.67. The van der Waals surface area contributed by atoms with Crippen LogP contribution in [-0.4, -0.2) is 125 Å². The molecule has 2 aliphatic rings. The summed E-state index contributed by atoms with van der Waals surface area (Å²) in [5, 5.41) is 8.49. The van der Waals surface area contributed by atoms with E-state index in [0.717, 1.165) is 25.9 Å². The zero-order valence-corrected chi connectivity index (χ0v) is 35.9. The molecule has 0 bridgehead atoms. The number of hydrogen-bond acceptors (Lipinski definition) is 16. The number of rotatable bonds is 21. The number of aliphatic hydroxyl groups excluding tert-OH is 1. The van der Waals surface area contributed by atoms with E-state index in [1.165, 1.54) is 47.5 Å². The van der Waals surface area contributed by atoms with E-state index in [2.05, 4.69) is 11.8 Å². The SMILES string of the molecule is C#CCOCCCCCCCO.C#CCOCCCOC1OC(COC(C)=O)C(C)C(C)C1OC(C)=O.CC(=O)OCC1OC(OC(C)=O)C(OC(C)=O)C(C)C1C. The topological polar surface area (TPSA) is 198 Å². The number of aliphatic hydroxyl groups is 1. The third kappa shape index (κ3) is 24.2. The van der Waals surface area contributed by atoms with Crippen molar-refractivity contribution in [3.05, 3.63) is 0 Å². The third-order valence-electron chi connectivity index (χ3n) is 9.34. The molecule has 2 fully saturated rings. The first-order valence-electron chi connectivity index (χ1n) is 19.8. The fourth-order valence-electron chi connectivity index (χ4n) is 5.87. The summed E-state index contributed by atoms with van der Waals surface area (Å²) in [6.07, 6.45) is 12.5. The molecule has 332 valence electrons. The monoisotopic (exact) mass is 828 g/mol. The van der Waals surface area contributed by atoms with Gasteiger partial charge in [-0.25, -0.2) is 0 Å². The minimum Gasteiger partial charge on any atom is -0.463 e. The maximum absolute atomic E-state index is 11.4. The van der Waals surface area contributed by atoms with Gasteiger partial charge in [-0.2, -0.15) is 0 Å². The van der Waals surface area contributed by atoms with Gasteiger partial charge in [0.2, 0.25) is 6.29 Å². The Bertz CT molecular complexity index is 1270. The van der Waals surface area contributed by atoms with Crippen LogP contribution in [0.5, 0.6) is 0 Å². The van der Waals surface area contributed by atoms with Crippen molar-refractivity contribution in [3.8, 4) is 24.7 Å². The fourth-order valence-corrected chi connectivity index (χ4v) is 5.87. The molecule has 0 saturated carbocycles. The lowest BCUT2D eigenvalue weighted by Gasteiger charge is -2.43. The number of esters is 5. The highest BCUT2D eigenvalue weighted by Gasteiger charge is 2.46. The third-order valence-corrected chi connectivity index (χ3v) is 9.34. The molecule has 2 rings (SSSR count). The van der Waals surface area contributed by atoms with E-state index in [4.69, 9.17) is 65.3 Å². The van der Waals surface area contributed by atoms with Crippen molar-refractivity contribution in [1.29, 1.82) is 0 Å². The van der Waals surface area contributed by atoms with Crippen molar-refractivity contribution in [1.82, 2.24) is 0 Å². The lowest BCUT2D eigenvalue weighted by atomic mass is 9.83. The van der Waals surface area contributed by atoms with Gasteiger partial charge in [0.05, 0.1) is 25.4 Å². The van der Waals surface area contributed by atoms with Gasteiger partial charge in [0.25, 0.3) is 0 Å². The molecule has 0 amide bonds. The highest BCUT2D eigenvalue weighted by Crippen LogP contribution is 2.35. The summed E-state index contributed by atoms with van der Waals surface area (Å²) in [5.74, 6) is 2.49. The van der Waals surface area contributed by atoms with Gasteiger partial charge >= 0.3 is 29.8 Å². The number of terminal acetylenes is 2. The van der Waals surface area contributed by atoms with Crippen molar-refractivity contribution in [3.63, 3.8) is 0 Å². The predicted octanol–water partition coefficient (Wildman–Crippen LogP) is 4.16. The largest absolute Gasteiger partial charge is 0.463 e. The predicted molar refractivity (Wildman–Crippen MR) is 210 cm³/mol. The van der Waals surface area contributed by atoms with Crippen LogP contribution in [0.3, 0.4) is 0 Å². The standard InChI is InChI=1S/C18H28O7.C14H22O7.C10H18O2/c1-6-8-21-9-7-10-22-18-17(24-15(5)20)13(3)12(2)16(25-18)11-23-14(4)19;1-7-8(2)13(19-10(4)16)14(20-11(5)17)21-12(7)6-18-9(3)15;1-2-9-12-10-7-5-3-4-6-8-11/h1,12-13,16-18H,7-11H2,2-5H3;7-8,12-14H,6H2,1-5H3;1,11H,3-10H2. The molecule has 0 aromatic heterocycles. The Hall–Kier alpha value is -3.77. The molecule has 16 nitrogen and oxygen atoms in total. The lowest BCUT2D eigenvalue weighted by Crippen LogP contribution is -2.53. The van der Waals surface area contributed by atoms with E-state index >= 15 is 0 Å². The number of carbonyl (C=O) groups excluding carboxylic acids is 5. The smallest absolute Gasteiger partial charge is 0.305 e. The van der Waals surface area contributed by atoms with Crippen molar-refractivity contribution in [2.24, 2.45) is 23.7 Å². The van der Waals surface area contributed by atoms with Gasteiger partial charge in [0, 0.05) is 59.7 Å². The van der Waals surface area contributed by atoms with Crippen LogP contribution in [0, 0.1) is 48.4 Å². The first-order chi connectivity index (χ1) is 27.5. The quantitative estimate of drug-likeness (QED) is 0.0749. The molecular formula is C42H68O16. The van der Waals surface area contributed by atoms with E-state index in [9.17, 15) is 24.0 Å². The summed E-state index contributed by atoms with van der Waals surface area (Å²) in [4.78, 5) is 55.8. The number of carbonyl (C=O) groups is 5. The second kappa shape index (κ2) is 32.1. The number of unbranched alkanes of at least 4 members (excludes halogenated alkanes) is 4. The average Bonchev–Trinajstić information content (AvgIpc) is 3.15. The van der Waals surface area contributed by atoms with Crippen LogP contribution >= 0.6 is 0 Å². The maximum atomic E-state index is 11.4. The second-order valence-electron chi connectivity index (χ2n) is 14.1. The van der Waals surface area contributed by atoms with E-state index in [-0.39, 0.29) is 55.6 Å². The summed E-state index contributed by atoms with van der Waals surface area (Å²) < 4.78 is 53.3. The van der Waals surface area contributed by atoms with Gasteiger partial charge in [-0.15, -0.1) is 12.8 Å². The van der Waals surface area contributed by atoms with Gasteiger partial charge in [0.15, 0.2) is 18.5 Å². The molecule has 0 aromatic carbocycles. The van der Waals surface area contributed by atoms with Crippen molar-refractivity contribution in [2.45, 2.75) is 138 Å². The van der Waals surface area contributed by atoms with Gasteiger partial charge < -0.3 is 52.5 Å². The zero-order valence-electron chi connectivity index (χ0n) is 35.9. The summed E-state index contributed by atoms with van der Waals surface area (Å²) in [5.41, 5.74) is 0. The lowest BCUT2D eigenvalue weighted by molar-refractivity contribution is -0.280. The molecule has 0 aromatic rings. The highest BCUT2D eigenvalue weighted by atomic mass is 16.7. The normalized spacial score (nSPS) is 26.1. The molecule has 2 saturated heterocycles. The van der Waals surface area contributed by atoms with Crippen molar-refractivity contribution >= 4 is 29.8 Å². The molecule has 10 unspecified atom stereocenters. The van der Waals surface area contributed by atoms with Gasteiger partial charge in [-0.3, -0.25) is 24.0 Å². The minimum atomic E-state index is -1.00. The van der Waals surface area contributed by atoms with Crippen LogP contribution in [-0.2, 0) is 71.3 Å². The summed E-state index contributed by atoms with van der Waals surface area (Å²) in [6, 6.07) is 0. The molecule has 58 heavy (non-hydrogen) atoms. The molecule has 2 aliphatic heterocycles. The maximum Gasteiger partial charge on any atom is 0.305 e. The molecule has 1 N–H and O–H groups in total. The fraction of sp³-hybridized carbons (Fsp3) is 0.786. The van der Waals surface area contributed by atoms with Crippen LogP contribution in [0.25, 0.3) is 0 Å². The molecule has 16 heteroatoms. The Balaban J connectivity index is 0.000000892. The van der Waals surface area contributed by atoms with E-state index in [0.29, 0.717) is 32.8 Å². The summed E-state index contributed by atoms with van der Waals surface area (Å²) in [6.45, 7) is 17.1. The van der Waals surface area contributed by atoms with Crippen molar-refractivity contribution in [2.75, 3.05) is 52.9 Å². The van der Waals surface area contributed by atoms with Crippen LogP contribution in [0.4, 0.5) is 0 Å². The minimum absolute atomic E-state index is 0.0131. The van der Waals surface area contributed by atoms with Crippen molar-refractivity contribution < 1.29 is 76.4 Å². The van der Waals surface area contributed by atoms with Gasteiger partial charge in [0.1, 0.15) is 26.4 Å². The summed E-state index contributed by atoms with van der Waals surface area (Å²) in [7, 11) is 0. The molecule has 0 aliphatic carbocycles. The summed E-state index contributed by atoms with van der Waals surface area (Å²) >= 11 is 0. The Morgan fingerprint density at radius 1 is 0.534 bits per heavy atom. The zero-order chi connectivity index (χ0) is 44.0. The molecule has 10 atom stereocenters. The number of hydrogen-bond donors (Lipinski definition) is 1. The Morgan fingerprint density at radius 2 is 0.948 bits per heavy atom. The van der Waals surface area contributed by atoms with E-state index in [1.807, 2.05) is 27.7 Å². The van der Waals surface area contributed by atoms with Crippen LogP contribution in [0.15, 0.2) is 0 Å².